The zero-order valence-electron chi connectivity index (χ0n) is 11.8. The largest absolute Gasteiger partial charge is 0.480 e. The molecule has 0 amide bonds. The smallest absolute Gasteiger partial charge is 0.350 e. The number of hydrogen-bond acceptors (Lipinski definition) is 5. The van der Waals surface area contributed by atoms with Crippen molar-refractivity contribution in [1.29, 1.82) is 0 Å². The van der Waals surface area contributed by atoms with Gasteiger partial charge in [0, 0.05) is 17.9 Å². The highest BCUT2D eigenvalue weighted by Crippen LogP contribution is 2.37. The molecule has 0 spiro atoms. The van der Waals surface area contributed by atoms with Gasteiger partial charge in [0.15, 0.2) is 0 Å². The number of carboxylic acid groups (broad SMARTS) is 1. The first kappa shape index (κ1) is 18.3. The Morgan fingerprint density at radius 2 is 2.00 bits per heavy atom. The standard InChI is InChI=1S/C13H19N2O6P/c14-12(13(16)17)8-11(9-22(18,19)20)15-21-7-6-10-4-2-1-3-5-10/h1-5,9,12,15H,6-8,14H2,(H,16,17)(H2,18,19,20)/t12-/m0/s1. The van der Waals surface area contributed by atoms with Gasteiger partial charge in [-0.25, -0.2) is 0 Å². The molecule has 122 valence electrons. The van der Waals surface area contributed by atoms with Crippen LogP contribution in [-0.4, -0.2) is 33.5 Å². The lowest BCUT2D eigenvalue weighted by atomic mass is 10.2. The summed E-state index contributed by atoms with van der Waals surface area (Å²) >= 11 is 0. The lowest BCUT2D eigenvalue weighted by molar-refractivity contribution is -0.138. The van der Waals surface area contributed by atoms with E-state index in [9.17, 15) is 9.36 Å². The summed E-state index contributed by atoms with van der Waals surface area (Å²) in [6.07, 6.45) is 0.299. The van der Waals surface area contributed by atoms with E-state index in [1.165, 1.54) is 0 Å². The predicted octanol–water partition coefficient (Wildman–Crippen LogP) is 0.571. The van der Waals surface area contributed by atoms with Crippen LogP contribution < -0.4 is 11.2 Å². The van der Waals surface area contributed by atoms with Crippen LogP contribution >= 0.6 is 7.60 Å². The van der Waals surface area contributed by atoms with Gasteiger partial charge >= 0.3 is 13.6 Å². The predicted molar refractivity (Wildman–Crippen MR) is 79.6 cm³/mol. The highest BCUT2D eigenvalue weighted by molar-refractivity contribution is 7.55. The molecule has 6 N–H and O–H groups in total. The van der Waals surface area contributed by atoms with Crippen LogP contribution in [0.3, 0.4) is 0 Å². The van der Waals surface area contributed by atoms with E-state index in [2.05, 4.69) is 5.48 Å². The number of nitrogens with one attached hydrogen (secondary N) is 1. The minimum absolute atomic E-state index is 0.0729. The van der Waals surface area contributed by atoms with E-state index in [-0.39, 0.29) is 18.7 Å². The van der Waals surface area contributed by atoms with E-state index in [1.807, 2.05) is 30.3 Å². The van der Waals surface area contributed by atoms with Crippen molar-refractivity contribution < 1.29 is 29.1 Å². The maximum Gasteiger partial charge on any atom is 0.350 e. The van der Waals surface area contributed by atoms with Crippen LogP contribution in [0.4, 0.5) is 0 Å². The first-order chi connectivity index (χ1) is 10.3. The van der Waals surface area contributed by atoms with Crippen molar-refractivity contribution in [2.24, 2.45) is 5.73 Å². The average Bonchev–Trinajstić information content (AvgIpc) is 2.42. The number of carbonyl (C=O) groups is 1. The first-order valence-electron chi connectivity index (χ1n) is 6.45. The second-order valence-electron chi connectivity index (χ2n) is 4.58. The van der Waals surface area contributed by atoms with Crippen LogP contribution in [0.2, 0.25) is 0 Å². The molecule has 9 heteroatoms. The molecule has 0 aromatic heterocycles. The number of hydrogen-bond donors (Lipinski definition) is 5. The normalized spacial score (nSPS) is 13.7. The van der Waals surface area contributed by atoms with Crippen LogP contribution in [0, 0.1) is 0 Å². The number of benzene rings is 1. The Morgan fingerprint density at radius 3 is 2.55 bits per heavy atom. The summed E-state index contributed by atoms with van der Waals surface area (Å²) in [7, 11) is -4.47. The molecule has 8 nitrogen and oxygen atoms in total. The summed E-state index contributed by atoms with van der Waals surface area (Å²) < 4.78 is 11.0. The minimum atomic E-state index is -4.47. The highest BCUT2D eigenvalue weighted by Gasteiger charge is 2.18. The minimum Gasteiger partial charge on any atom is -0.480 e. The van der Waals surface area contributed by atoms with Gasteiger partial charge in [-0.05, 0) is 12.0 Å². The van der Waals surface area contributed by atoms with Crippen molar-refractivity contribution in [2.45, 2.75) is 18.9 Å². The molecule has 0 aliphatic rings. The van der Waals surface area contributed by atoms with Gasteiger partial charge in [-0.1, -0.05) is 30.3 Å². The number of carboxylic acids is 1. The Balaban J connectivity index is 2.52. The van der Waals surface area contributed by atoms with Gasteiger partial charge in [0.25, 0.3) is 0 Å². The average molecular weight is 330 g/mol. The topological polar surface area (TPSA) is 142 Å². The Bertz CT molecular complexity index is 557. The molecule has 0 saturated heterocycles. The maximum atomic E-state index is 11.0. The molecule has 22 heavy (non-hydrogen) atoms. The summed E-state index contributed by atoms with van der Waals surface area (Å²) in [5.41, 5.74) is 8.66. The Hall–Kier alpha value is -1.70. The van der Waals surface area contributed by atoms with Crippen molar-refractivity contribution in [3.8, 4) is 0 Å². The summed E-state index contributed by atoms with van der Waals surface area (Å²) in [5, 5.41) is 8.73. The molecule has 1 atom stereocenters. The van der Waals surface area contributed by atoms with Crippen molar-refractivity contribution in [2.75, 3.05) is 6.61 Å². The van der Waals surface area contributed by atoms with Crippen LogP contribution in [0.15, 0.2) is 41.8 Å². The lowest BCUT2D eigenvalue weighted by Gasteiger charge is -2.14. The molecule has 0 unspecified atom stereocenters. The molecular weight excluding hydrogens is 311 g/mol. The molecule has 0 aliphatic carbocycles. The van der Waals surface area contributed by atoms with Gasteiger partial charge in [-0.15, -0.1) is 0 Å². The Morgan fingerprint density at radius 1 is 1.36 bits per heavy atom. The second-order valence-corrected chi connectivity index (χ2v) is 6.01. The fraction of sp³-hybridized carbons (Fsp3) is 0.308. The van der Waals surface area contributed by atoms with Crippen molar-refractivity contribution >= 4 is 13.6 Å². The highest BCUT2D eigenvalue weighted by atomic mass is 31.2. The number of aliphatic carboxylic acids is 1. The van der Waals surface area contributed by atoms with Crippen LogP contribution in [0.1, 0.15) is 12.0 Å². The van der Waals surface area contributed by atoms with Gasteiger partial charge in [-0.2, -0.15) is 0 Å². The molecule has 0 bridgehead atoms. The maximum absolute atomic E-state index is 11.0. The molecule has 0 saturated carbocycles. The first-order valence-corrected chi connectivity index (χ1v) is 8.13. The van der Waals surface area contributed by atoms with Gasteiger partial charge in [0.1, 0.15) is 6.04 Å². The van der Waals surface area contributed by atoms with Gasteiger partial charge in [0.2, 0.25) is 0 Å². The van der Waals surface area contributed by atoms with E-state index in [1.54, 1.807) is 0 Å². The lowest BCUT2D eigenvalue weighted by Crippen LogP contribution is -2.33. The Kier molecular flexibility index (Phi) is 7.23. The van der Waals surface area contributed by atoms with Crippen molar-refractivity contribution in [3.63, 3.8) is 0 Å². The Labute approximate surface area is 127 Å². The van der Waals surface area contributed by atoms with Crippen molar-refractivity contribution in [3.05, 3.63) is 47.4 Å². The third kappa shape index (κ3) is 7.92. The fourth-order valence-corrected chi connectivity index (χ4v) is 2.17. The van der Waals surface area contributed by atoms with Crippen LogP contribution in [0.25, 0.3) is 0 Å². The molecule has 0 radical (unpaired) electrons. The zero-order valence-corrected chi connectivity index (χ0v) is 12.6. The number of nitrogens with two attached hydrogens (primary N) is 1. The van der Waals surface area contributed by atoms with Crippen LogP contribution in [-0.2, 0) is 20.6 Å². The fourth-order valence-electron chi connectivity index (χ4n) is 1.61. The summed E-state index contributed by atoms with van der Waals surface area (Å²) in [4.78, 5) is 33.7. The van der Waals surface area contributed by atoms with Crippen LogP contribution in [0.5, 0.6) is 0 Å². The van der Waals surface area contributed by atoms with E-state index in [0.717, 1.165) is 5.56 Å². The molecular formula is C13H19N2O6P. The molecule has 0 heterocycles. The second kappa shape index (κ2) is 8.67. The third-order valence-electron chi connectivity index (χ3n) is 2.62. The third-order valence-corrected chi connectivity index (χ3v) is 3.27. The van der Waals surface area contributed by atoms with E-state index < -0.39 is 19.6 Å². The number of hydroxylamine groups is 1. The summed E-state index contributed by atoms with van der Waals surface area (Å²) in [6.45, 7) is 0.241. The van der Waals surface area contributed by atoms with Gasteiger partial charge in [0.05, 0.1) is 6.61 Å². The molecule has 1 rings (SSSR count). The van der Waals surface area contributed by atoms with Gasteiger partial charge < -0.3 is 20.6 Å². The SMILES string of the molecule is N[C@@H](CC(=CP(=O)(O)O)NOCCc1ccccc1)C(=O)O. The van der Waals surface area contributed by atoms with E-state index >= 15 is 0 Å². The molecule has 1 aromatic rings. The monoisotopic (exact) mass is 330 g/mol. The summed E-state index contributed by atoms with van der Waals surface area (Å²) in [6, 6.07) is 8.19. The van der Waals surface area contributed by atoms with E-state index in [0.29, 0.717) is 12.2 Å². The van der Waals surface area contributed by atoms with E-state index in [4.69, 9.17) is 25.5 Å². The molecule has 0 aliphatic heterocycles. The van der Waals surface area contributed by atoms with Gasteiger partial charge in [-0.3, -0.25) is 19.7 Å². The zero-order chi connectivity index (χ0) is 16.6. The van der Waals surface area contributed by atoms with Crippen molar-refractivity contribution in [1.82, 2.24) is 5.48 Å². The number of rotatable bonds is 9. The quantitative estimate of drug-likeness (QED) is 0.251. The summed E-state index contributed by atoms with van der Waals surface area (Å²) in [5.74, 6) is -0.666. The molecule has 0 fully saturated rings. The molecule has 1 aromatic carbocycles.